The third-order valence-corrected chi connectivity index (χ3v) is 4.00. The highest BCUT2D eigenvalue weighted by Crippen LogP contribution is 2.54. The highest BCUT2D eigenvalue weighted by atomic mass is 14.5. The number of fused-ring (bicyclic) bond motifs is 1. The van der Waals surface area contributed by atoms with Crippen LogP contribution in [0.2, 0.25) is 0 Å². The van der Waals surface area contributed by atoms with Crippen molar-refractivity contribution in [2.75, 3.05) is 0 Å². The highest BCUT2D eigenvalue weighted by molar-refractivity contribution is 5.17. The molecule has 0 radical (unpaired) electrons. The summed E-state index contributed by atoms with van der Waals surface area (Å²) in [5, 5.41) is 0. The zero-order valence-electron chi connectivity index (χ0n) is 7.53. The molecule has 2 saturated carbocycles. The Labute approximate surface area is 69.7 Å². The van der Waals surface area contributed by atoms with Crippen molar-refractivity contribution >= 4 is 0 Å². The first-order chi connectivity index (χ1) is 5.23. The highest BCUT2D eigenvalue weighted by Gasteiger charge is 2.42. The molecule has 0 heterocycles. The van der Waals surface area contributed by atoms with E-state index >= 15 is 0 Å². The fourth-order valence-corrected chi connectivity index (χ4v) is 2.97. The van der Waals surface area contributed by atoms with Crippen LogP contribution < -0.4 is 0 Å². The number of hydrogen-bond donors (Lipinski definition) is 0. The van der Waals surface area contributed by atoms with E-state index in [9.17, 15) is 0 Å². The summed E-state index contributed by atoms with van der Waals surface area (Å²) in [6, 6.07) is 0. The molecule has 0 spiro atoms. The predicted molar refractivity (Wildman–Crippen MR) is 48.4 cm³/mol. The summed E-state index contributed by atoms with van der Waals surface area (Å²) in [7, 11) is 0. The Morgan fingerprint density at radius 2 is 2.18 bits per heavy atom. The largest absolute Gasteiger partial charge is 0.0993 e. The lowest BCUT2D eigenvalue weighted by atomic mass is 9.68. The SMILES string of the molecule is C=C1CCC2CCCC[C@@]12C. The van der Waals surface area contributed by atoms with Crippen LogP contribution in [0.25, 0.3) is 0 Å². The summed E-state index contributed by atoms with van der Waals surface area (Å²) >= 11 is 0. The second-order valence-corrected chi connectivity index (χ2v) is 4.50. The van der Waals surface area contributed by atoms with E-state index in [2.05, 4.69) is 13.5 Å². The van der Waals surface area contributed by atoms with E-state index in [1.807, 2.05) is 0 Å². The quantitative estimate of drug-likeness (QED) is 0.463. The molecule has 2 atom stereocenters. The van der Waals surface area contributed by atoms with Crippen LogP contribution in [0, 0.1) is 11.3 Å². The predicted octanol–water partition coefficient (Wildman–Crippen LogP) is 3.53. The molecule has 0 nitrogen and oxygen atoms in total. The van der Waals surface area contributed by atoms with Gasteiger partial charge in [-0.2, -0.15) is 0 Å². The Morgan fingerprint density at radius 3 is 2.91 bits per heavy atom. The number of rotatable bonds is 0. The molecule has 11 heavy (non-hydrogen) atoms. The smallest absolute Gasteiger partial charge is 0.00907 e. The monoisotopic (exact) mass is 150 g/mol. The second-order valence-electron chi connectivity index (χ2n) is 4.50. The van der Waals surface area contributed by atoms with Gasteiger partial charge in [-0.3, -0.25) is 0 Å². The molecule has 0 amide bonds. The average molecular weight is 150 g/mol. The van der Waals surface area contributed by atoms with Crippen molar-refractivity contribution in [2.45, 2.75) is 45.4 Å². The molecule has 0 aromatic carbocycles. The zero-order valence-corrected chi connectivity index (χ0v) is 7.53. The fourth-order valence-electron chi connectivity index (χ4n) is 2.97. The molecule has 0 aromatic heterocycles. The van der Waals surface area contributed by atoms with Crippen LogP contribution in [0.5, 0.6) is 0 Å². The Balaban J connectivity index is 2.23. The summed E-state index contributed by atoms with van der Waals surface area (Å²) in [4.78, 5) is 0. The molecule has 0 aromatic rings. The minimum atomic E-state index is 0.554. The molecule has 2 aliphatic rings. The lowest BCUT2D eigenvalue weighted by Crippen LogP contribution is -2.26. The Kier molecular flexibility index (Phi) is 1.59. The minimum Gasteiger partial charge on any atom is -0.0993 e. The van der Waals surface area contributed by atoms with Gasteiger partial charge >= 0.3 is 0 Å². The van der Waals surface area contributed by atoms with Gasteiger partial charge in [0.05, 0.1) is 0 Å². The van der Waals surface area contributed by atoms with Gasteiger partial charge in [0.15, 0.2) is 0 Å². The van der Waals surface area contributed by atoms with Crippen molar-refractivity contribution in [3.8, 4) is 0 Å². The van der Waals surface area contributed by atoms with E-state index in [4.69, 9.17) is 0 Å². The standard InChI is InChI=1S/C11H18/c1-9-6-7-10-5-3-4-8-11(9,10)2/h10H,1,3-8H2,2H3/t10?,11-/m0/s1. The van der Waals surface area contributed by atoms with Crippen molar-refractivity contribution in [3.63, 3.8) is 0 Å². The average Bonchev–Trinajstić information content (AvgIpc) is 2.29. The van der Waals surface area contributed by atoms with Crippen molar-refractivity contribution in [1.29, 1.82) is 0 Å². The van der Waals surface area contributed by atoms with Gasteiger partial charge in [0.25, 0.3) is 0 Å². The van der Waals surface area contributed by atoms with Crippen LogP contribution in [0.15, 0.2) is 12.2 Å². The molecule has 0 N–H and O–H groups in total. The third-order valence-electron chi connectivity index (χ3n) is 4.00. The van der Waals surface area contributed by atoms with Gasteiger partial charge in [-0.15, -0.1) is 0 Å². The summed E-state index contributed by atoms with van der Waals surface area (Å²) in [5.74, 6) is 0.990. The normalized spacial score (nSPS) is 44.1. The Morgan fingerprint density at radius 1 is 1.36 bits per heavy atom. The minimum absolute atomic E-state index is 0.554. The maximum absolute atomic E-state index is 4.21. The summed E-state index contributed by atoms with van der Waals surface area (Å²) in [5.41, 5.74) is 2.10. The summed E-state index contributed by atoms with van der Waals surface area (Å²) < 4.78 is 0. The van der Waals surface area contributed by atoms with E-state index in [1.54, 1.807) is 5.57 Å². The first kappa shape index (κ1) is 7.39. The van der Waals surface area contributed by atoms with Crippen molar-refractivity contribution < 1.29 is 0 Å². The van der Waals surface area contributed by atoms with Gasteiger partial charge in [0, 0.05) is 0 Å². The molecular weight excluding hydrogens is 132 g/mol. The van der Waals surface area contributed by atoms with Gasteiger partial charge in [-0.05, 0) is 37.0 Å². The van der Waals surface area contributed by atoms with Gasteiger partial charge in [0.2, 0.25) is 0 Å². The van der Waals surface area contributed by atoms with Crippen molar-refractivity contribution in [1.82, 2.24) is 0 Å². The molecule has 62 valence electrons. The number of allylic oxidation sites excluding steroid dienone is 1. The van der Waals surface area contributed by atoms with Crippen LogP contribution in [0.4, 0.5) is 0 Å². The van der Waals surface area contributed by atoms with E-state index in [1.165, 1.54) is 38.5 Å². The molecule has 2 aliphatic carbocycles. The van der Waals surface area contributed by atoms with Crippen LogP contribution >= 0.6 is 0 Å². The first-order valence-corrected chi connectivity index (χ1v) is 4.92. The Bertz CT molecular complexity index is 180. The fraction of sp³-hybridized carbons (Fsp3) is 0.818. The maximum atomic E-state index is 4.21. The lowest BCUT2D eigenvalue weighted by molar-refractivity contribution is 0.189. The van der Waals surface area contributed by atoms with E-state index in [0.29, 0.717) is 5.41 Å². The van der Waals surface area contributed by atoms with Crippen LogP contribution in [-0.2, 0) is 0 Å². The van der Waals surface area contributed by atoms with E-state index in [-0.39, 0.29) is 0 Å². The molecule has 0 aliphatic heterocycles. The van der Waals surface area contributed by atoms with Gasteiger partial charge < -0.3 is 0 Å². The summed E-state index contributed by atoms with van der Waals surface area (Å²) in [6.45, 7) is 6.65. The van der Waals surface area contributed by atoms with Crippen LogP contribution in [0.1, 0.15) is 45.4 Å². The molecular formula is C11H18. The zero-order chi connectivity index (χ0) is 7.90. The Hall–Kier alpha value is -0.260. The van der Waals surface area contributed by atoms with Gasteiger partial charge in [-0.25, -0.2) is 0 Å². The summed E-state index contributed by atoms with van der Waals surface area (Å²) in [6.07, 6.45) is 8.52. The third kappa shape index (κ3) is 0.953. The van der Waals surface area contributed by atoms with E-state index in [0.717, 1.165) is 5.92 Å². The first-order valence-electron chi connectivity index (χ1n) is 4.92. The lowest BCUT2D eigenvalue weighted by Gasteiger charge is -2.37. The van der Waals surface area contributed by atoms with Crippen molar-refractivity contribution in [2.24, 2.45) is 11.3 Å². The maximum Gasteiger partial charge on any atom is -0.00907 e. The molecule has 0 heteroatoms. The molecule has 0 bridgehead atoms. The molecule has 2 fully saturated rings. The molecule has 0 saturated heterocycles. The van der Waals surface area contributed by atoms with Gasteiger partial charge in [-0.1, -0.05) is 31.9 Å². The molecule has 2 rings (SSSR count). The van der Waals surface area contributed by atoms with Crippen LogP contribution in [-0.4, -0.2) is 0 Å². The number of hydrogen-bond acceptors (Lipinski definition) is 0. The topological polar surface area (TPSA) is 0 Å². The molecule has 1 unspecified atom stereocenters. The second kappa shape index (κ2) is 2.36. The van der Waals surface area contributed by atoms with E-state index < -0.39 is 0 Å². The van der Waals surface area contributed by atoms with Crippen LogP contribution in [0.3, 0.4) is 0 Å². The van der Waals surface area contributed by atoms with Gasteiger partial charge in [0.1, 0.15) is 0 Å². The van der Waals surface area contributed by atoms with Crippen molar-refractivity contribution in [3.05, 3.63) is 12.2 Å².